The van der Waals surface area contributed by atoms with Gasteiger partial charge in [0, 0.05) is 40.0 Å². The lowest BCUT2D eigenvalue weighted by Crippen LogP contribution is -1.72. The van der Waals surface area contributed by atoms with Gasteiger partial charge in [0.2, 0.25) is 0 Å². The maximum atomic E-state index is 4.67. The van der Waals surface area contributed by atoms with Crippen molar-refractivity contribution in [1.82, 2.24) is 8.75 Å². The highest BCUT2D eigenvalue weighted by Gasteiger charge is 2.20. The smallest absolute Gasteiger partial charge is 0.114 e. The Hall–Kier alpha value is -1.64. The van der Waals surface area contributed by atoms with E-state index in [1.54, 1.807) is 0 Å². The molecule has 7 heteroatoms. The number of hydrogen-bond acceptors (Lipinski definition) is 7. The lowest BCUT2D eigenvalue weighted by atomic mass is 10.1. The van der Waals surface area contributed by atoms with Crippen LogP contribution in [0, 0.1) is 27.7 Å². The van der Waals surface area contributed by atoms with Gasteiger partial charge in [0.1, 0.15) is 11.0 Å². The minimum absolute atomic E-state index is 1.05. The molecule has 0 amide bonds. The molecule has 0 bridgehead atoms. The Kier molecular flexibility index (Phi) is 4.02. The zero-order valence-electron chi connectivity index (χ0n) is 16.2. The number of fused-ring (bicyclic) bond motifs is 6. The van der Waals surface area contributed by atoms with E-state index >= 15 is 0 Å². The van der Waals surface area contributed by atoms with E-state index in [9.17, 15) is 0 Å². The fraction of sp³-hybridized carbons (Fsp3) is 0.182. The summed E-state index contributed by atoms with van der Waals surface area (Å²) in [4.78, 5) is 8.16. The first-order chi connectivity index (χ1) is 14.0. The first-order valence-corrected chi connectivity index (χ1v) is 13.3. The minimum Gasteiger partial charge on any atom is -0.172 e. The molecule has 0 saturated carbocycles. The molecule has 0 atom stereocenters. The molecule has 0 fully saturated rings. The van der Waals surface area contributed by atoms with E-state index in [0.717, 1.165) is 11.0 Å². The second-order valence-corrected chi connectivity index (χ2v) is 12.5. The maximum absolute atomic E-state index is 4.67. The summed E-state index contributed by atoms with van der Waals surface area (Å²) in [5.74, 6) is 0. The standard InChI is InChI=1S/C22H16N2S5/c1-9-5-15(25-11(9)3)17-7-13-19-20(24-29-23-19)14-8-18(28-22(14)21(13)27-17)16-6-10(2)12(4)26-16/h5-8H,1-4H3. The van der Waals surface area contributed by atoms with Gasteiger partial charge < -0.3 is 0 Å². The average molecular weight is 469 g/mol. The van der Waals surface area contributed by atoms with Crippen LogP contribution in [0.2, 0.25) is 0 Å². The second-order valence-electron chi connectivity index (χ2n) is 7.37. The van der Waals surface area contributed by atoms with Crippen molar-refractivity contribution in [2.45, 2.75) is 27.7 Å². The van der Waals surface area contributed by atoms with Gasteiger partial charge in [0.25, 0.3) is 0 Å². The highest BCUT2D eigenvalue weighted by atomic mass is 32.1. The maximum Gasteiger partial charge on any atom is 0.114 e. The second kappa shape index (κ2) is 6.43. The zero-order chi connectivity index (χ0) is 19.9. The molecule has 0 spiro atoms. The van der Waals surface area contributed by atoms with Crippen LogP contribution in [-0.2, 0) is 0 Å². The van der Waals surface area contributed by atoms with Gasteiger partial charge in [-0.15, -0.1) is 45.3 Å². The summed E-state index contributed by atoms with van der Waals surface area (Å²) < 4.78 is 12.0. The third-order valence-corrected chi connectivity index (χ3v) is 11.1. The summed E-state index contributed by atoms with van der Waals surface area (Å²) in [6.45, 7) is 8.79. The Morgan fingerprint density at radius 2 is 0.966 bits per heavy atom. The third-order valence-electron chi connectivity index (χ3n) is 5.49. The van der Waals surface area contributed by atoms with Gasteiger partial charge >= 0.3 is 0 Å². The largest absolute Gasteiger partial charge is 0.172 e. The van der Waals surface area contributed by atoms with Crippen LogP contribution in [-0.4, -0.2) is 8.75 Å². The summed E-state index contributed by atoms with van der Waals surface area (Å²) in [5, 5.41) is 2.49. The van der Waals surface area contributed by atoms with E-state index in [4.69, 9.17) is 0 Å². The van der Waals surface area contributed by atoms with E-state index in [1.165, 1.54) is 72.3 Å². The molecule has 0 saturated heterocycles. The van der Waals surface area contributed by atoms with Crippen molar-refractivity contribution in [2.75, 3.05) is 0 Å². The first-order valence-electron chi connectivity index (χ1n) is 9.25. The first kappa shape index (κ1) is 18.2. The molecule has 6 rings (SSSR count). The van der Waals surface area contributed by atoms with Crippen LogP contribution >= 0.6 is 57.1 Å². The van der Waals surface area contributed by atoms with Crippen LogP contribution in [0.3, 0.4) is 0 Å². The summed E-state index contributed by atoms with van der Waals surface area (Å²) in [5.41, 5.74) is 4.84. The highest BCUT2D eigenvalue weighted by molar-refractivity contribution is 7.32. The highest BCUT2D eigenvalue weighted by Crippen LogP contribution is 2.48. The topological polar surface area (TPSA) is 25.8 Å². The van der Waals surface area contributed by atoms with E-state index in [2.05, 4.69) is 60.7 Å². The predicted octanol–water partition coefficient (Wildman–Crippen LogP) is 8.81. The summed E-state index contributed by atoms with van der Waals surface area (Å²) in [7, 11) is 0. The van der Waals surface area contributed by atoms with Crippen molar-refractivity contribution < 1.29 is 0 Å². The van der Waals surface area contributed by atoms with Gasteiger partial charge in [0.05, 0.1) is 21.1 Å². The van der Waals surface area contributed by atoms with E-state index in [-0.39, 0.29) is 0 Å². The molecular formula is C22H16N2S5. The number of hydrogen-bond donors (Lipinski definition) is 0. The van der Waals surface area contributed by atoms with Crippen LogP contribution in [0.5, 0.6) is 0 Å². The van der Waals surface area contributed by atoms with Gasteiger partial charge in [-0.05, 0) is 63.1 Å². The van der Waals surface area contributed by atoms with Gasteiger partial charge in [-0.1, -0.05) is 0 Å². The summed E-state index contributed by atoms with van der Waals surface area (Å²) in [6, 6.07) is 9.28. The molecular weight excluding hydrogens is 453 g/mol. The fourth-order valence-electron chi connectivity index (χ4n) is 3.65. The Morgan fingerprint density at radius 1 is 0.552 bits per heavy atom. The molecule has 5 heterocycles. The van der Waals surface area contributed by atoms with Crippen LogP contribution in [0.25, 0.3) is 50.7 Å². The predicted molar refractivity (Wildman–Crippen MR) is 134 cm³/mol. The summed E-state index contributed by atoms with van der Waals surface area (Å²) >= 11 is 8.88. The van der Waals surface area contributed by atoms with Crippen molar-refractivity contribution in [2.24, 2.45) is 0 Å². The van der Waals surface area contributed by atoms with Gasteiger partial charge in [-0.25, -0.2) is 0 Å². The number of aromatic nitrogens is 2. The van der Waals surface area contributed by atoms with Crippen molar-refractivity contribution in [1.29, 1.82) is 0 Å². The molecule has 1 aromatic carbocycles. The molecule has 0 aliphatic rings. The van der Waals surface area contributed by atoms with E-state index < -0.39 is 0 Å². The van der Waals surface area contributed by atoms with Crippen LogP contribution in [0.1, 0.15) is 20.9 Å². The Bertz CT molecular complexity index is 1400. The van der Waals surface area contributed by atoms with Gasteiger partial charge in [0.15, 0.2) is 0 Å². The van der Waals surface area contributed by atoms with Crippen LogP contribution in [0.4, 0.5) is 0 Å². The zero-order valence-corrected chi connectivity index (χ0v) is 20.3. The molecule has 0 aliphatic heterocycles. The molecule has 0 unspecified atom stereocenters. The van der Waals surface area contributed by atoms with Crippen molar-refractivity contribution in [3.05, 3.63) is 45.1 Å². The average Bonchev–Trinajstić information content (AvgIpc) is 3.46. The Labute approximate surface area is 188 Å². The van der Waals surface area contributed by atoms with Crippen LogP contribution < -0.4 is 0 Å². The monoisotopic (exact) mass is 468 g/mol. The quantitative estimate of drug-likeness (QED) is 0.254. The molecule has 0 aliphatic carbocycles. The molecule has 144 valence electrons. The Morgan fingerprint density at radius 3 is 1.34 bits per heavy atom. The van der Waals surface area contributed by atoms with Crippen LogP contribution in [0.15, 0.2) is 24.3 Å². The SMILES string of the molecule is Cc1cc(-c2cc3c4nsnc4c4cc(-c5cc(C)c(C)s5)sc4c3s2)sc1C. The molecule has 2 nitrogen and oxygen atoms in total. The lowest BCUT2D eigenvalue weighted by Gasteiger charge is -1.93. The van der Waals surface area contributed by atoms with Gasteiger partial charge in [-0.2, -0.15) is 8.75 Å². The number of benzene rings is 1. The third kappa shape index (κ3) is 2.68. The lowest BCUT2D eigenvalue weighted by molar-refractivity contribution is 1.44. The number of nitrogens with zero attached hydrogens (tertiary/aromatic N) is 2. The minimum atomic E-state index is 1.05. The van der Waals surface area contributed by atoms with Crippen molar-refractivity contribution >= 4 is 88.3 Å². The molecule has 0 N–H and O–H groups in total. The number of rotatable bonds is 2. The molecule has 29 heavy (non-hydrogen) atoms. The summed E-state index contributed by atoms with van der Waals surface area (Å²) in [6.07, 6.45) is 0. The van der Waals surface area contributed by atoms with Gasteiger partial charge in [-0.3, -0.25) is 0 Å². The number of aryl methyl sites for hydroxylation is 4. The normalized spacial score (nSPS) is 12.1. The van der Waals surface area contributed by atoms with E-state index in [0.29, 0.717) is 0 Å². The fourth-order valence-corrected chi connectivity index (χ4v) is 8.91. The van der Waals surface area contributed by atoms with Crippen molar-refractivity contribution in [3.63, 3.8) is 0 Å². The van der Waals surface area contributed by atoms with Crippen molar-refractivity contribution in [3.8, 4) is 19.5 Å². The molecule has 6 aromatic rings. The Balaban J connectivity index is 1.67. The molecule has 0 radical (unpaired) electrons. The van der Waals surface area contributed by atoms with E-state index in [1.807, 2.05) is 45.3 Å². The molecule has 5 aromatic heterocycles. The number of thiophene rings is 4.